The fraction of sp³-hybridized carbons (Fsp3) is 0.350. The zero-order valence-corrected chi connectivity index (χ0v) is 14.3. The van der Waals surface area contributed by atoms with Gasteiger partial charge >= 0.3 is 6.16 Å². The molecular formula is C20H22O4. The molecule has 24 heavy (non-hydrogen) atoms. The van der Waals surface area contributed by atoms with E-state index in [2.05, 4.69) is 30.7 Å². The Balaban J connectivity index is 1.79. The molecule has 0 N–H and O–H groups in total. The lowest BCUT2D eigenvalue weighted by Gasteiger charge is -2.15. The van der Waals surface area contributed by atoms with Crippen LogP contribution >= 0.6 is 0 Å². The molecule has 0 radical (unpaired) electrons. The predicted molar refractivity (Wildman–Crippen MR) is 91.7 cm³/mol. The Morgan fingerprint density at radius 3 is 2.50 bits per heavy atom. The maximum atomic E-state index is 11.4. The topological polar surface area (TPSA) is 44.8 Å². The molecule has 0 aliphatic heterocycles. The molecule has 2 aromatic rings. The van der Waals surface area contributed by atoms with Crippen LogP contribution in [0.3, 0.4) is 0 Å². The molecule has 0 atom stereocenters. The fourth-order valence-electron chi connectivity index (χ4n) is 2.66. The minimum absolute atomic E-state index is 0.343. The van der Waals surface area contributed by atoms with Gasteiger partial charge in [-0.05, 0) is 61.4 Å². The van der Waals surface area contributed by atoms with Crippen molar-refractivity contribution in [3.63, 3.8) is 0 Å². The van der Waals surface area contributed by atoms with Gasteiger partial charge in [0.25, 0.3) is 0 Å². The van der Waals surface area contributed by atoms with Gasteiger partial charge in [0.05, 0.1) is 7.11 Å². The van der Waals surface area contributed by atoms with E-state index in [0.29, 0.717) is 18.3 Å². The molecule has 0 heterocycles. The van der Waals surface area contributed by atoms with Crippen LogP contribution in [0, 0.1) is 13.8 Å². The number of para-hydroxylation sites is 1. The van der Waals surface area contributed by atoms with Gasteiger partial charge in [0.1, 0.15) is 18.1 Å². The van der Waals surface area contributed by atoms with Crippen molar-refractivity contribution in [2.75, 3.05) is 7.11 Å². The van der Waals surface area contributed by atoms with Crippen LogP contribution < -0.4 is 9.47 Å². The molecule has 0 unspecified atom stereocenters. The normalized spacial score (nSPS) is 13.5. The molecule has 4 nitrogen and oxygen atoms in total. The Morgan fingerprint density at radius 1 is 1.08 bits per heavy atom. The quantitative estimate of drug-likeness (QED) is 0.579. The summed E-state index contributed by atoms with van der Waals surface area (Å²) in [5.41, 5.74) is 4.60. The highest BCUT2D eigenvalue weighted by molar-refractivity contribution is 5.64. The van der Waals surface area contributed by atoms with Crippen molar-refractivity contribution in [3.05, 3.63) is 58.7 Å². The third-order valence-electron chi connectivity index (χ3n) is 4.36. The van der Waals surface area contributed by atoms with E-state index in [1.807, 2.05) is 18.2 Å². The summed E-state index contributed by atoms with van der Waals surface area (Å²) in [6, 6.07) is 11.7. The van der Waals surface area contributed by atoms with E-state index >= 15 is 0 Å². The smallest absolute Gasteiger partial charge is 0.488 e. The molecule has 4 heteroatoms. The van der Waals surface area contributed by atoms with Crippen LogP contribution in [0.4, 0.5) is 4.79 Å². The molecular weight excluding hydrogens is 304 g/mol. The molecule has 0 saturated heterocycles. The molecule has 1 aliphatic carbocycles. The van der Waals surface area contributed by atoms with Gasteiger partial charge < -0.3 is 14.2 Å². The van der Waals surface area contributed by atoms with E-state index in [4.69, 9.17) is 9.47 Å². The summed E-state index contributed by atoms with van der Waals surface area (Å²) < 4.78 is 15.8. The Bertz CT molecular complexity index is 747. The Kier molecular flexibility index (Phi) is 4.74. The first-order valence-corrected chi connectivity index (χ1v) is 8.16. The first kappa shape index (κ1) is 16.4. The maximum absolute atomic E-state index is 11.4. The van der Waals surface area contributed by atoms with Gasteiger partial charge in [-0.3, -0.25) is 0 Å². The summed E-state index contributed by atoms with van der Waals surface area (Å²) in [5, 5.41) is 0. The number of carbonyl (C=O) groups is 1. The monoisotopic (exact) mass is 326 g/mol. The minimum atomic E-state index is -0.729. The number of benzene rings is 2. The van der Waals surface area contributed by atoms with Crippen molar-refractivity contribution < 1.29 is 19.0 Å². The highest BCUT2D eigenvalue weighted by Crippen LogP contribution is 2.45. The molecule has 126 valence electrons. The molecule has 1 saturated carbocycles. The van der Waals surface area contributed by atoms with Gasteiger partial charge in [-0.15, -0.1) is 0 Å². The van der Waals surface area contributed by atoms with Crippen molar-refractivity contribution in [3.8, 4) is 11.5 Å². The standard InChI is InChI=1S/C20H22O4/c1-13-10-17(15-8-9-15)19(11-14(13)2)23-12-16-6-4-5-7-18(16)24-20(21)22-3/h4-7,10-11,15H,8-9,12H2,1-3H3. The third kappa shape index (κ3) is 3.70. The third-order valence-corrected chi connectivity index (χ3v) is 4.36. The van der Waals surface area contributed by atoms with Gasteiger partial charge in [-0.25, -0.2) is 4.79 Å². The molecule has 0 bridgehead atoms. The molecule has 2 aromatic carbocycles. The van der Waals surface area contributed by atoms with Crippen LogP contribution in [0.5, 0.6) is 11.5 Å². The highest BCUT2D eigenvalue weighted by atomic mass is 16.7. The summed E-state index contributed by atoms with van der Waals surface area (Å²) in [4.78, 5) is 11.4. The van der Waals surface area contributed by atoms with Crippen LogP contribution in [0.15, 0.2) is 36.4 Å². The molecule has 0 aromatic heterocycles. The van der Waals surface area contributed by atoms with Crippen LogP contribution in [-0.2, 0) is 11.3 Å². The number of ether oxygens (including phenoxy) is 3. The van der Waals surface area contributed by atoms with Crippen LogP contribution in [-0.4, -0.2) is 13.3 Å². The van der Waals surface area contributed by atoms with E-state index in [-0.39, 0.29) is 0 Å². The van der Waals surface area contributed by atoms with Crippen LogP contribution in [0.25, 0.3) is 0 Å². The number of methoxy groups -OCH3 is 1. The fourth-order valence-corrected chi connectivity index (χ4v) is 2.66. The van der Waals surface area contributed by atoms with Crippen LogP contribution in [0.1, 0.15) is 41.0 Å². The second kappa shape index (κ2) is 6.95. The van der Waals surface area contributed by atoms with Crippen molar-refractivity contribution >= 4 is 6.16 Å². The zero-order chi connectivity index (χ0) is 17.1. The lowest BCUT2D eigenvalue weighted by atomic mass is 10.0. The average Bonchev–Trinajstić information content (AvgIpc) is 3.41. The number of hydrogen-bond donors (Lipinski definition) is 0. The SMILES string of the molecule is COC(=O)Oc1ccccc1COc1cc(C)c(C)cc1C1CC1. The highest BCUT2D eigenvalue weighted by Gasteiger charge is 2.27. The summed E-state index contributed by atoms with van der Waals surface area (Å²) in [5.74, 6) is 2.00. The van der Waals surface area contributed by atoms with E-state index in [1.54, 1.807) is 6.07 Å². The lowest BCUT2D eigenvalue weighted by molar-refractivity contribution is 0.120. The van der Waals surface area contributed by atoms with Crippen LogP contribution in [0.2, 0.25) is 0 Å². The van der Waals surface area contributed by atoms with Gasteiger partial charge in [-0.1, -0.05) is 24.3 Å². The Hall–Kier alpha value is -2.49. The van der Waals surface area contributed by atoms with Crippen molar-refractivity contribution in [2.45, 2.75) is 39.2 Å². The number of aryl methyl sites for hydroxylation is 2. The van der Waals surface area contributed by atoms with Gasteiger partial charge in [-0.2, -0.15) is 0 Å². The van der Waals surface area contributed by atoms with E-state index in [0.717, 1.165) is 11.3 Å². The predicted octanol–water partition coefficient (Wildman–Crippen LogP) is 4.91. The van der Waals surface area contributed by atoms with Crippen molar-refractivity contribution in [1.29, 1.82) is 0 Å². The molecule has 0 amide bonds. The molecule has 0 spiro atoms. The Morgan fingerprint density at radius 2 is 1.79 bits per heavy atom. The second-order valence-electron chi connectivity index (χ2n) is 6.20. The van der Waals surface area contributed by atoms with E-state index < -0.39 is 6.16 Å². The lowest BCUT2D eigenvalue weighted by Crippen LogP contribution is -2.10. The van der Waals surface area contributed by atoms with E-state index in [9.17, 15) is 4.79 Å². The van der Waals surface area contributed by atoms with Gasteiger partial charge in [0.2, 0.25) is 0 Å². The maximum Gasteiger partial charge on any atom is 0.513 e. The van der Waals surface area contributed by atoms with E-state index in [1.165, 1.54) is 36.6 Å². The largest absolute Gasteiger partial charge is 0.513 e. The Labute approximate surface area is 142 Å². The first-order chi connectivity index (χ1) is 11.6. The summed E-state index contributed by atoms with van der Waals surface area (Å²) in [6.07, 6.45) is 1.72. The number of hydrogen-bond acceptors (Lipinski definition) is 4. The minimum Gasteiger partial charge on any atom is -0.488 e. The first-order valence-electron chi connectivity index (χ1n) is 8.16. The number of carbonyl (C=O) groups excluding carboxylic acids is 1. The average molecular weight is 326 g/mol. The molecule has 1 aliphatic rings. The van der Waals surface area contributed by atoms with Crippen molar-refractivity contribution in [1.82, 2.24) is 0 Å². The summed E-state index contributed by atoms with van der Waals surface area (Å²) >= 11 is 0. The summed E-state index contributed by atoms with van der Waals surface area (Å²) in [7, 11) is 1.29. The second-order valence-corrected chi connectivity index (χ2v) is 6.20. The van der Waals surface area contributed by atoms with Gasteiger partial charge in [0, 0.05) is 5.56 Å². The number of rotatable bonds is 5. The molecule has 1 fully saturated rings. The summed E-state index contributed by atoms with van der Waals surface area (Å²) in [6.45, 7) is 4.56. The zero-order valence-electron chi connectivity index (χ0n) is 14.3. The molecule has 3 rings (SSSR count). The van der Waals surface area contributed by atoms with Crippen molar-refractivity contribution in [2.24, 2.45) is 0 Å². The van der Waals surface area contributed by atoms with Gasteiger partial charge in [0.15, 0.2) is 0 Å².